The molecule has 0 fully saturated rings. The largest absolute Gasteiger partial charge is 0.452 e. The summed E-state index contributed by atoms with van der Waals surface area (Å²) in [7, 11) is -1.42. The lowest BCUT2D eigenvalue weighted by Gasteiger charge is -2.30. The zero-order chi connectivity index (χ0) is 20.1. The number of hydrogen-bond donors (Lipinski definition) is 0. The molecular formula is C17H26N2O6S. The average Bonchev–Trinajstić information content (AvgIpc) is 2.58. The van der Waals surface area contributed by atoms with Crippen molar-refractivity contribution in [3.05, 3.63) is 29.8 Å². The minimum Gasteiger partial charge on any atom is -0.452 e. The summed E-state index contributed by atoms with van der Waals surface area (Å²) in [5.41, 5.74) is 0.0315. The lowest BCUT2D eigenvalue weighted by molar-refractivity contribution is -0.138. The Morgan fingerprint density at radius 3 is 2.19 bits per heavy atom. The standard InChI is InChI=1S/C17H26N2O6S/c1-12(2)19(13(3)4)16(20)11-25-17(21)14-8-7-9-15(10-14)26(22,23)18(5)24-6/h7-10,12-13H,11H2,1-6H3. The van der Waals surface area contributed by atoms with E-state index in [0.29, 0.717) is 4.47 Å². The minimum absolute atomic E-state index is 0.0285. The predicted octanol–water partition coefficient (Wildman–Crippen LogP) is 1.67. The molecule has 0 unspecified atom stereocenters. The van der Waals surface area contributed by atoms with Gasteiger partial charge in [0.2, 0.25) is 0 Å². The smallest absolute Gasteiger partial charge is 0.338 e. The number of amides is 1. The van der Waals surface area contributed by atoms with Crippen molar-refractivity contribution in [1.29, 1.82) is 0 Å². The summed E-state index contributed by atoms with van der Waals surface area (Å²) in [5.74, 6) is -1.09. The highest BCUT2D eigenvalue weighted by molar-refractivity contribution is 7.89. The lowest BCUT2D eigenvalue weighted by atomic mass is 10.2. The molecule has 1 aromatic rings. The van der Waals surface area contributed by atoms with Crippen molar-refractivity contribution >= 4 is 21.9 Å². The van der Waals surface area contributed by atoms with E-state index in [1.165, 1.54) is 38.4 Å². The van der Waals surface area contributed by atoms with Crippen LogP contribution in [-0.2, 0) is 24.4 Å². The van der Waals surface area contributed by atoms with Gasteiger partial charge in [-0.25, -0.2) is 13.2 Å². The van der Waals surface area contributed by atoms with Crippen molar-refractivity contribution in [2.45, 2.75) is 44.7 Å². The van der Waals surface area contributed by atoms with Gasteiger partial charge in [-0.05, 0) is 45.9 Å². The van der Waals surface area contributed by atoms with Gasteiger partial charge in [0.25, 0.3) is 15.9 Å². The fraction of sp³-hybridized carbons (Fsp3) is 0.529. The summed E-state index contributed by atoms with van der Waals surface area (Å²) in [6.07, 6.45) is 0. The van der Waals surface area contributed by atoms with Crippen LogP contribution in [0.25, 0.3) is 0 Å². The van der Waals surface area contributed by atoms with E-state index in [-0.39, 0.29) is 28.4 Å². The fourth-order valence-corrected chi connectivity index (χ4v) is 3.51. The van der Waals surface area contributed by atoms with Crippen LogP contribution in [0.5, 0.6) is 0 Å². The Labute approximate surface area is 154 Å². The summed E-state index contributed by atoms with van der Waals surface area (Å²) < 4.78 is 30.2. The molecule has 0 radical (unpaired) electrons. The molecule has 1 rings (SSSR count). The van der Waals surface area contributed by atoms with E-state index in [1.807, 2.05) is 27.7 Å². The van der Waals surface area contributed by atoms with Crippen molar-refractivity contribution in [2.24, 2.45) is 0 Å². The molecule has 8 nitrogen and oxygen atoms in total. The van der Waals surface area contributed by atoms with Crippen LogP contribution in [0.4, 0.5) is 0 Å². The number of hydroxylamine groups is 1. The maximum absolute atomic E-state index is 12.2. The van der Waals surface area contributed by atoms with E-state index < -0.39 is 22.6 Å². The van der Waals surface area contributed by atoms with Gasteiger partial charge in [-0.15, -0.1) is 0 Å². The van der Waals surface area contributed by atoms with Crippen LogP contribution in [0.2, 0.25) is 0 Å². The summed E-state index contributed by atoms with van der Waals surface area (Å²) in [4.78, 5) is 30.6. The van der Waals surface area contributed by atoms with E-state index in [4.69, 9.17) is 9.57 Å². The molecule has 0 saturated carbocycles. The van der Waals surface area contributed by atoms with Crippen LogP contribution < -0.4 is 0 Å². The monoisotopic (exact) mass is 386 g/mol. The number of hydrogen-bond acceptors (Lipinski definition) is 6. The molecule has 0 aliphatic carbocycles. The van der Waals surface area contributed by atoms with Crippen molar-refractivity contribution in [3.8, 4) is 0 Å². The van der Waals surface area contributed by atoms with E-state index >= 15 is 0 Å². The zero-order valence-electron chi connectivity index (χ0n) is 15.9. The van der Waals surface area contributed by atoms with Gasteiger partial charge < -0.3 is 9.64 Å². The first-order chi connectivity index (χ1) is 12.0. The number of sulfonamides is 1. The van der Waals surface area contributed by atoms with Crippen LogP contribution in [0.1, 0.15) is 38.1 Å². The molecule has 0 spiro atoms. The Hall–Kier alpha value is -1.97. The fourth-order valence-electron chi connectivity index (χ4n) is 2.49. The summed E-state index contributed by atoms with van der Waals surface area (Å²) in [6.45, 7) is 7.09. The molecule has 0 aliphatic heterocycles. The van der Waals surface area contributed by atoms with Gasteiger partial charge in [0.1, 0.15) is 0 Å². The van der Waals surface area contributed by atoms with Gasteiger partial charge in [-0.3, -0.25) is 9.63 Å². The number of carbonyl (C=O) groups excluding carboxylic acids is 2. The molecule has 0 bridgehead atoms. The number of carbonyl (C=O) groups is 2. The molecule has 0 atom stereocenters. The molecule has 9 heteroatoms. The molecular weight excluding hydrogens is 360 g/mol. The van der Waals surface area contributed by atoms with Crippen LogP contribution >= 0.6 is 0 Å². The van der Waals surface area contributed by atoms with Gasteiger partial charge in [-0.2, -0.15) is 0 Å². The molecule has 1 aromatic carbocycles. The number of rotatable bonds is 8. The number of esters is 1. The lowest BCUT2D eigenvalue weighted by Crippen LogP contribution is -2.44. The van der Waals surface area contributed by atoms with Gasteiger partial charge in [0.05, 0.1) is 17.6 Å². The van der Waals surface area contributed by atoms with E-state index in [2.05, 4.69) is 0 Å². The van der Waals surface area contributed by atoms with Crippen LogP contribution in [-0.4, -0.2) is 62.5 Å². The third-order valence-corrected chi connectivity index (χ3v) is 5.37. The van der Waals surface area contributed by atoms with Gasteiger partial charge in [0, 0.05) is 19.1 Å². The number of nitrogens with zero attached hydrogens (tertiary/aromatic N) is 2. The van der Waals surface area contributed by atoms with Crippen molar-refractivity contribution in [1.82, 2.24) is 9.37 Å². The normalized spacial score (nSPS) is 11.9. The Balaban J connectivity index is 2.90. The third kappa shape index (κ3) is 5.26. The third-order valence-electron chi connectivity index (χ3n) is 3.69. The molecule has 0 aliphatic rings. The SMILES string of the molecule is CON(C)S(=O)(=O)c1cccc(C(=O)OCC(=O)N(C(C)C)C(C)C)c1. The maximum Gasteiger partial charge on any atom is 0.338 e. The first-order valence-corrected chi connectivity index (χ1v) is 9.57. The first-order valence-electron chi connectivity index (χ1n) is 8.13. The predicted molar refractivity (Wildman–Crippen MR) is 95.8 cm³/mol. The molecule has 1 amide bonds. The van der Waals surface area contributed by atoms with Gasteiger partial charge in [0.15, 0.2) is 6.61 Å². The molecule has 26 heavy (non-hydrogen) atoms. The van der Waals surface area contributed by atoms with Gasteiger partial charge >= 0.3 is 5.97 Å². The topological polar surface area (TPSA) is 93.2 Å². The average molecular weight is 386 g/mol. The van der Waals surface area contributed by atoms with Crippen molar-refractivity contribution in [3.63, 3.8) is 0 Å². The summed E-state index contributed by atoms with van der Waals surface area (Å²) in [6, 6.07) is 5.30. The molecule has 0 aromatic heterocycles. The Morgan fingerprint density at radius 2 is 1.69 bits per heavy atom. The zero-order valence-corrected chi connectivity index (χ0v) is 16.7. The van der Waals surface area contributed by atoms with Crippen molar-refractivity contribution < 1.29 is 27.6 Å². The van der Waals surface area contributed by atoms with Crippen LogP contribution in [0.15, 0.2) is 29.2 Å². The highest BCUT2D eigenvalue weighted by atomic mass is 32.2. The Bertz CT molecular complexity index is 737. The summed E-state index contributed by atoms with van der Waals surface area (Å²) in [5, 5.41) is 0. The minimum atomic E-state index is -3.88. The maximum atomic E-state index is 12.2. The molecule has 0 heterocycles. The quantitative estimate of drug-likeness (QED) is 0.498. The van der Waals surface area contributed by atoms with E-state index in [9.17, 15) is 18.0 Å². The Kier molecular flexibility index (Phi) is 7.73. The second-order valence-corrected chi connectivity index (χ2v) is 8.13. The molecule has 0 saturated heterocycles. The Morgan fingerprint density at radius 1 is 1.12 bits per heavy atom. The van der Waals surface area contributed by atoms with Crippen molar-refractivity contribution in [2.75, 3.05) is 20.8 Å². The van der Waals surface area contributed by atoms with E-state index in [1.54, 1.807) is 4.90 Å². The molecule has 146 valence electrons. The summed E-state index contributed by atoms with van der Waals surface area (Å²) >= 11 is 0. The second-order valence-electron chi connectivity index (χ2n) is 6.19. The number of ether oxygens (including phenoxy) is 1. The van der Waals surface area contributed by atoms with Crippen LogP contribution in [0.3, 0.4) is 0 Å². The van der Waals surface area contributed by atoms with Gasteiger partial charge in [-0.1, -0.05) is 10.5 Å². The first kappa shape index (κ1) is 22.1. The number of benzene rings is 1. The van der Waals surface area contributed by atoms with E-state index in [0.717, 1.165) is 0 Å². The highest BCUT2D eigenvalue weighted by Gasteiger charge is 2.24. The van der Waals surface area contributed by atoms with Crippen LogP contribution in [0, 0.1) is 0 Å². The second kappa shape index (κ2) is 9.11. The highest BCUT2D eigenvalue weighted by Crippen LogP contribution is 2.16. The molecule has 0 N–H and O–H groups in total.